The molecule has 0 aromatic rings. The summed E-state index contributed by atoms with van der Waals surface area (Å²) < 4.78 is 5.49. The van der Waals surface area contributed by atoms with Gasteiger partial charge in [0.1, 0.15) is 0 Å². The van der Waals surface area contributed by atoms with Gasteiger partial charge in [-0.05, 0) is 44.9 Å². The van der Waals surface area contributed by atoms with Crippen molar-refractivity contribution in [1.29, 1.82) is 0 Å². The first-order valence-corrected chi connectivity index (χ1v) is 9.09. The fourth-order valence-electron chi connectivity index (χ4n) is 2.38. The minimum atomic E-state index is -0.0425. The molecule has 21 heavy (non-hydrogen) atoms. The molecule has 0 aliphatic carbocycles. The van der Waals surface area contributed by atoms with E-state index in [-0.39, 0.29) is 5.97 Å². The summed E-state index contributed by atoms with van der Waals surface area (Å²) in [5, 5.41) is 0. The maximum absolute atomic E-state index is 12.4. The largest absolute Gasteiger partial charge is 0.462 e. The van der Waals surface area contributed by atoms with E-state index in [2.05, 4.69) is 27.7 Å². The molecule has 0 aliphatic rings. The van der Waals surface area contributed by atoms with Crippen LogP contribution in [0, 0.1) is 0 Å². The predicted molar refractivity (Wildman–Crippen MR) is 91.5 cm³/mol. The maximum atomic E-state index is 12.4. The Labute approximate surface area is 132 Å². The molecule has 0 aromatic heterocycles. The summed E-state index contributed by atoms with van der Waals surface area (Å²) in [6, 6.07) is 0. The zero-order valence-electron chi connectivity index (χ0n) is 14.8. The van der Waals surface area contributed by atoms with Crippen LogP contribution in [0.3, 0.4) is 0 Å². The van der Waals surface area contributed by atoms with Crippen LogP contribution in [0.5, 0.6) is 0 Å². The van der Waals surface area contributed by atoms with Gasteiger partial charge in [0.25, 0.3) is 0 Å². The Balaban J connectivity index is 4.92. The van der Waals surface area contributed by atoms with Crippen molar-refractivity contribution < 1.29 is 9.53 Å². The molecule has 0 heterocycles. The summed E-state index contributed by atoms with van der Waals surface area (Å²) in [4.78, 5) is 12.4. The SMILES string of the molecule is CCCCOC(=O)C(CCCC)=C(CCCC)CCCC. The number of hydrogen-bond donors (Lipinski definition) is 0. The zero-order valence-corrected chi connectivity index (χ0v) is 14.8. The highest BCUT2D eigenvalue weighted by Crippen LogP contribution is 2.24. The van der Waals surface area contributed by atoms with Crippen molar-refractivity contribution in [2.24, 2.45) is 0 Å². The maximum Gasteiger partial charge on any atom is 0.333 e. The molecule has 0 aliphatic heterocycles. The number of esters is 1. The Hall–Kier alpha value is -0.790. The van der Waals surface area contributed by atoms with Crippen LogP contribution in [0.1, 0.15) is 98.3 Å². The third-order valence-corrected chi connectivity index (χ3v) is 3.85. The summed E-state index contributed by atoms with van der Waals surface area (Å²) in [6.07, 6.45) is 12.0. The van der Waals surface area contributed by atoms with E-state index in [4.69, 9.17) is 4.74 Å². The lowest BCUT2D eigenvalue weighted by Crippen LogP contribution is -2.12. The number of rotatable bonds is 13. The molecule has 0 fully saturated rings. The van der Waals surface area contributed by atoms with Gasteiger partial charge in [0.2, 0.25) is 0 Å². The molecule has 0 unspecified atom stereocenters. The van der Waals surface area contributed by atoms with E-state index in [1.165, 1.54) is 31.3 Å². The quantitative estimate of drug-likeness (QED) is 0.230. The molecule has 2 nitrogen and oxygen atoms in total. The monoisotopic (exact) mass is 296 g/mol. The highest BCUT2D eigenvalue weighted by molar-refractivity contribution is 5.89. The average Bonchev–Trinajstić information content (AvgIpc) is 2.49. The Morgan fingerprint density at radius 2 is 1.19 bits per heavy atom. The van der Waals surface area contributed by atoms with Crippen LogP contribution < -0.4 is 0 Å². The standard InChI is InChI=1S/C19H36O2/c1-5-9-13-17(14-10-6-2)18(15-11-7-3)19(20)21-16-12-8-4/h5-16H2,1-4H3. The van der Waals surface area contributed by atoms with Gasteiger partial charge in [-0.3, -0.25) is 0 Å². The summed E-state index contributed by atoms with van der Waals surface area (Å²) in [7, 11) is 0. The molecule has 0 amide bonds. The van der Waals surface area contributed by atoms with Gasteiger partial charge in [-0.25, -0.2) is 4.79 Å². The van der Waals surface area contributed by atoms with E-state index in [1.807, 2.05) is 0 Å². The summed E-state index contributed by atoms with van der Waals surface area (Å²) in [5.41, 5.74) is 2.36. The van der Waals surface area contributed by atoms with Gasteiger partial charge in [-0.15, -0.1) is 0 Å². The number of unbranched alkanes of at least 4 members (excludes halogenated alkanes) is 4. The van der Waals surface area contributed by atoms with Gasteiger partial charge in [-0.2, -0.15) is 0 Å². The van der Waals surface area contributed by atoms with Crippen molar-refractivity contribution >= 4 is 5.97 Å². The molecular formula is C19H36O2. The van der Waals surface area contributed by atoms with Crippen LogP contribution in [-0.2, 0) is 9.53 Å². The van der Waals surface area contributed by atoms with E-state index < -0.39 is 0 Å². The third kappa shape index (κ3) is 9.71. The molecule has 0 radical (unpaired) electrons. The second-order valence-electron chi connectivity index (χ2n) is 5.88. The number of ether oxygens (including phenoxy) is 1. The molecule has 0 spiro atoms. The normalized spacial score (nSPS) is 10.5. The minimum absolute atomic E-state index is 0.0425. The van der Waals surface area contributed by atoms with Crippen LogP contribution in [-0.4, -0.2) is 12.6 Å². The topological polar surface area (TPSA) is 26.3 Å². The van der Waals surface area contributed by atoms with Gasteiger partial charge >= 0.3 is 5.97 Å². The first-order valence-electron chi connectivity index (χ1n) is 9.09. The van der Waals surface area contributed by atoms with Crippen molar-refractivity contribution in [2.45, 2.75) is 98.3 Å². The molecular weight excluding hydrogens is 260 g/mol. The Kier molecular flexibility index (Phi) is 13.6. The van der Waals surface area contributed by atoms with Gasteiger partial charge in [0.15, 0.2) is 0 Å². The Morgan fingerprint density at radius 3 is 1.67 bits per heavy atom. The van der Waals surface area contributed by atoms with Crippen LogP contribution in [0.15, 0.2) is 11.1 Å². The first kappa shape index (κ1) is 20.2. The number of hydrogen-bond acceptors (Lipinski definition) is 2. The lowest BCUT2D eigenvalue weighted by molar-refractivity contribution is -0.139. The zero-order chi connectivity index (χ0) is 15.9. The van der Waals surface area contributed by atoms with Crippen LogP contribution in [0.4, 0.5) is 0 Å². The highest BCUT2D eigenvalue weighted by atomic mass is 16.5. The molecule has 0 rings (SSSR count). The molecule has 0 N–H and O–H groups in total. The molecule has 0 saturated heterocycles. The Bertz CT molecular complexity index is 282. The summed E-state index contributed by atoms with van der Waals surface area (Å²) >= 11 is 0. The molecule has 2 heteroatoms. The molecule has 0 aromatic carbocycles. The number of allylic oxidation sites excluding steroid dienone is 1. The van der Waals surface area contributed by atoms with Gasteiger partial charge in [0.05, 0.1) is 6.61 Å². The third-order valence-electron chi connectivity index (χ3n) is 3.85. The lowest BCUT2D eigenvalue weighted by atomic mass is 9.94. The van der Waals surface area contributed by atoms with Gasteiger partial charge < -0.3 is 4.74 Å². The molecule has 124 valence electrons. The van der Waals surface area contributed by atoms with Crippen molar-refractivity contribution in [2.75, 3.05) is 6.61 Å². The van der Waals surface area contributed by atoms with Crippen LogP contribution >= 0.6 is 0 Å². The van der Waals surface area contributed by atoms with E-state index in [0.717, 1.165) is 50.5 Å². The summed E-state index contributed by atoms with van der Waals surface area (Å²) in [5.74, 6) is -0.0425. The average molecular weight is 296 g/mol. The molecule has 0 bridgehead atoms. The first-order chi connectivity index (χ1) is 10.2. The van der Waals surface area contributed by atoms with Crippen molar-refractivity contribution in [1.82, 2.24) is 0 Å². The van der Waals surface area contributed by atoms with E-state index in [1.54, 1.807) is 0 Å². The molecule has 0 atom stereocenters. The van der Waals surface area contributed by atoms with E-state index in [9.17, 15) is 4.79 Å². The Morgan fingerprint density at radius 1 is 0.714 bits per heavy atom. The molecule has 0 saturated carbocycles. The second-order valence-corrected chi connectivity index (χ2v) is 5.88. The van der Waals surface area contributed by atoms with Crippen molar-refractivity contribution in [3.05, 3.63) is 11.1 Å². The van der Waals surface area contributed by atoms with Gasteiger partial charge in [0, 0.05) is 5.57 Å². The second kappa shape index (κ2) is 14.2. The fraction of sp³-hybridized carbons (Fsp3) is 0.842. The van der Waals surface area contributed by atoms with Crippen molar-refractivity contribution in [3.63, 3.8) is 0 Å². The van der Waals surface area contributed by atoms with E-state index in [0.29, 0.717) is 6.61 Å². The number of carbonyl (C=O) groups is 1. The van der Waals surface area contributed by atoms with E-state index >= 15 is 0 Å². The van der Waals surface area contributed by atoms with Crippen molar-refractivity contribution in [3.8, 4) is 0 Å². The van der Waals surface area contributed by atoms with Crippen LogP contribution in [0.2, 0.25) is 0 Å². The lowest BCUT2D eigenvalue weighted by Gasteiger charge is -2.15. The smallest absolute Gasteiger partial charge is 0.333 e. The highest BCUT2D eigenvalue weighted by Gasteiger charge is 2.16. The minimum Gasteiger partial charge on any atom is -0.462 e. The van der Waals surface area contributed by atoms with Gasteiger partial charge in [-0.1, -0.05) is 59.0 Å². The van der Waals surface area contributed by atoms with Crippen LogP contribution in [0.25, 0.3) is 0 Å². The predicted octanol–water partition coefficient (Wildman–Crippen LogP) is 6.20. The summed E-state index contributed by atoms with van der Waals surface area (Å²) in [6.45, 7) is 9.29. The number of carbonyl (C=O) groups excluding carboxylic acids is 1. The fourth-order valence-corrected chi connectivity index (χ4v) is 2.38.